The largest absolute Gasteiger partial charge is 0.461 e. The number of carbonyl (C=O) groups excluding carboxylic acids is 2. The fourth-order valence-electron chi connectivity index (χ4n) is 4.72. The molecule has 1 aromatic carbocycles. The van der Waals surface area contributed by atoms with E-state index < -0.39 is 6.04 Å². The number of guanidine groups is 1. The molecule has 0 spiro atoms. The van der Waals surface area contributed by atoms with E-state index in [1.165, 1.54) is 0 Å². The number of hydrogen-bond donors (Lipinski definition) is 2. The van der Waals surface area contributed by atoms with E-state index >= 15 is 0 Å². The van der Waals surface area contributed by atoms with Crippen molar-refractivity contribution in [2.75, 3.05) is 36.8 Å². The van der Waals surface area contributed by atoms with E-state index in [2.05, 4.69) is 20.6 Å². The fraction of sp³-hybridized carbons (Fsp3) is 0.423. The molecule has 2 fully saturated rings. The summed E-state index contributed by atoms with van der Waals surface area (Å²) in [6, 6.07) is 7.13. The number of nitrogens with zero attached hydrogens (tertiary/aromatic N) is 5. The van der Waals surface area contributed by atoms with Crippen molar-refractivity contribution in [3.05, 3.63) is 48.6 Å². The lowest BCUT2D eigenvalue weighted by atomic mass is 10.1. The summed E-state index contributed by atoms with van der Waals surface area (Å²) in [5.41, 5.74) is 1.59. The summed E-state index contributed by atoms with van der Waals surface area (Å²) in [5, 5.41) is 7.43. The smallest absolute Gasteiger partial charge is 0.247 e. The number of fused-ring (bicyclic) bond motifs is 1. The van der Waals surface area contributed by atoms with Gasteiger partial charge in [-0.3, -0.25) is 14.6 Å². The Balaban J connectivity index is 1.38. The van der Waals surface area contributed by atoms with Crippen LogP contribution in [0.2, 0.25) is 0 Å². The first kappa shape index (κ1) is 23.8. The Morgan fingerprint density at radius 2 is 1.94 bits per heavy atom. The monoisotopic (exact) mass is 489 g/mol. The predicted octanol–water partition coefficient (Wildman–Crippen LogP) is 3.41. The van der Waals surface area contributed by atoms with Gasteiger partial charge in [0.15, 0.2) is 5.82 Å². The van der Waals surface area contributed by atoms with Gasteiger partial charge in [0.05, 0.1) is 12.7 Å². The second-order valence-corrected chi connectivity index (χ2v) is 9.29. The standard InChI is InChI=1S/C26H31N7O3/c1-18-14-19-15-20(7-8-22(19)36-18)29-26(31-23-16-27-9-10-28-23)30-21-6-2-3-13-33(25(21)35)17-24(34)32-11-4-5-12-32/h7-10,14-16,21H,2-6,11-13,17H2,1H3,(H2,28,29,30,31). The quantitative estimate of drug-likeness (QED) is 0.417. The molecule has 2 saturated heterocycles. The van der Waals surface area contributed by atoms with Gasteiger partial charge in [0.1, 0.15) is 17.4 Å². The highest BCUT2D eigenvalue weighted by atomic mass is 16.3. The zero-order valence-electron chi connectivity index (χ0n) is 20.4. The van der Waals surface area contributed by atoms with Gasteiger partial charge >= 0.3 is 0 Å². The molecule has 2 amide bonds. The zero-order valence-corrected chi connectivity index (χ0v) is 20.4. The highest BCUT2D eigenvalue weighted by Crippen LogP contribution is 2.23. The molecular formula is C26H31N7O3. The molecule has 3 aromatic rings. The Bertz CT molecular complexity index is 1250. The van der Waals surface area contributed by atoms with Crippen molar-refractivity contribution in [1.29, 1.82) is 0 Å². The average molecular weight is 490 g/mol. The number of aliphatic imine (C=N–C) groups is 1. The normalized spacial score (nSPS) is 19.0. The molecule has 1 atom stereocenters. The van der Waals surface area contributed by atoms with Crippen molar-refractivity contribution in [1.82, 2.24) is 19.8 Å². The van der Waals surface area contributed by atoms with Crippen LogP contribution in [0.5, 0.6) is 0 Å². The van der Waals surface area contributed by atoms with Gasteiger partial charge < -0.3 is 24.9 Å². The van der Waals surface area contributed by atoms with Gasteiger partial charge in [0.25, 0.3) is 0 Å². The number of aryl methyl sites for hydroxylation is 1. The van der Waals surface area contributed by atoms with E-state index in [1.54, 1.807) is 23.5 Å². The Hall–Kier alpha value is -3.95. The third kappa shape index (κ3) is 5.64. The van der Waals surface area contributed by atoms with Crippen LogP contribution >= 0.6 is 0 Å². The molecular weight excluding hydrogens is 458 g/mol. The molecule has 2 N–H and O–H groups in total. The highest BCUT2D eigenvalue weighted by molar-refractivity contribution is 6.05. The molecule has 5 rings (SSSR count). The molecule has 2 aromatic heterocycles. The van der Waals surface area contributed by atoms with Crippen LogP contribution in [0.3, 0.4) is 0 Å². The third-order valence-corrected chi connectivity index (χ3v) is 6.53. The minimum Gasteiger partial charge on any atom is -0.461 e. The molecule has 0 bridgehead atoms. The van der Waals surface area contributed by atoms with Gasteiger partial charge in [-0.2, -0.15) is 0 Å². The van der Waals surface area contributed by atoms with E-state index in [0.29, 0.717) is 24.7 Å². The van der Waals surface area contributed by atoms with Gasteiger partial charge in [0, 0.05) is 43.1 Å². The van der Waals surface area contributed by atoms with Gasteiger partial charge in [-0.1, -0.05) is 0 Å². The van der Waals surface area contributed by atoms with E-state index in [4.69, 9.17) is 9.41 Å². The third-order valence-electron chi connectivity index (χ3n) is 6.53. The molecule has 1 unspecified atom stereocenters. The van der Waals surface area contributed by atoms with E-state index in [0.717, 1.165) is 61.2 Å². The van der Waals surface area contributed by atoms with Crippen LogP contribution in [0.1, 0.15) is 37.9 Å². The van der Waals surface area contributed by atoms with Crippen molar-refractivity contribution in [3.8, 4) is 0 Å². The van der Waals surface area contributed by atoms with Crippen LogP contribution < -0.4 is 10.6 Å². The SMILES string of the molecule is Cc1cc2cc(NC(=NC3CCCCN(CC(=O)N4CCCC4)C3=O)Nc3cnccn3)ccc2o1. The van der Waals surface area contributed by atoms with Crippen LogP contribution in [-0.4, -0.2) is 69.8 Å². The van der Waals surface area contributed by atoms with Crippen molar-refractivity contribution >= 4 is 40.2 Å². The Kier molecular flexibility index (Phi) is 7.11. The number of anilines is 2. The van der Waals surface area contributed by atoms with E-state index in [-0.39, 0.29) is 18.4 Å². The van der Waals surface area contributed by atoms with Crippen LogP contribution in [0.15, 0.2) is 52.3 Å². The molecule has 10 heteroatoms. The molecule has 4 heterocycles. The summed E-state index contributed by atoms with van der Waals surface area (Å²) in [5.74, 6) is 1.63. The number of benzene rings is 1. The van der Waals surface area contributed by atoms with Crippen molar-refractivity contribution < 1.29 is 14.0 Å². The Labute approximate surface area is 209 Å². The molecule has 0 radical (unpaired) electrons. The number of rotatable bonds is 5. The molecule has 2 aliphatic rings. The number of hydrogen-bond acceptors (Lipinski definition) is 6. The number of aromatic nitrogens is 2. The average Bonchev–Trinajstić information content (AvgIpc) is 3.50. The molecule has 10 nitrogen and oxygen atoms in total. The number of amides is 2. The highest BCUT2D eigenvalue weighted by Gasteiger charge is 2.30. The van der Waals surface area contributed by atoms with E-state index in [1.807, 2.05) is 36.1 Å². The first-order chi connectivity index (χ1) is 17.5. The van der Waals surface area contributed by atoms with Crippen LogP contribution in [0.25, 0.3) is 11.0 Å². The Morgan fingerprint density at radius 3 is 2.75 bits per heavy atom. The minimum atomic E-state index is -0.606. The minimum absolute atomic E-state index is 0.0187. The summed E-state index contributed by atoms with van der Waals surface area (Å²) in [6.45, 7) is 4.15. The van der Waals surface area contributed by atoms with Crippen molar-refractivity contribution in [3.63, 3.8) is 0 Å². The summed E-state index contributed by atoms with van der Waals surface area (Å²) in [7, 11) is 0. The van der Waals surface area contributed by atoms with Crippen LogP contribution in [-0.2, 0) is 9.59 Å². The molecule has 188 valence electrons. The topological polar surface area (TPSA) is 116 Å². The number of nitrogens with one attached hydrogen (secondary N) is 2. The lowest BCUT2D eigenvalue weighted by Crippen LogP contribution is -2.45. The second kappa shape index (κ2) is 10.8. The van der Waals surface area contributed by atoms with E-state index in [9.17, 15) is 9.59 Å². The first-order valence-electron chi connectivity index (χ1n) is 12.5. The number of likely N-dealkylation sites (tertiary alicyclic amines) is 2. The van der Waals surface area contributed by atoms with Gasteiger partial charge in [-0.05, 0) is 63.3 Å². The number of carbonyl (C=O) groups is 2. The van der Waals surface area contributed by atoms with Gasteiger partial charge in [0.2, 0.25) is 17.8 Å². The summed E-state index contributed by atoms with van der Waals surface area (Å²) >= 11 is 0. The summed E-state index contributed by atoms with van der Waals surface area (Å²) in [6.07, 6.45) is 9.14. The van der Waals surface area contributed by atoms with Crippen molar-refractivity contribution in [2.24, 2.45) is 4.99 Å². The maximum absolute atomic E-state index is 13.5. The maximum atomic E-state index is 13.5. The van der Waals surface area contributed by atoms with Gasteiger partial charge in [-0.25, -0.2) is 9.98 Å². The lowest BCUT2D eigenvalue weighted by Gasteiger charge is -2.25. The molecule has 0 saturated carbocycles. The molecule has 2 aliphatic heterocycles. The van der Waals surface area contributed by atoms with Crippen molar-refractivity contribution in [2.45, 2.75) is 45.1 Å². The first-order valence-corrected chi connectivity index (χ1v) is 12.5. The van der Waals surface area contributed by atoms with Crippen LogP contribution in [0.4, 0.5) is 11.5 Å². The Morgan fingerprint density at radius 1 is 1.11 bits per heavy atom. The zero-order chi connectivity index (χ0) is 24.9. The summed E-state index contributed by atoms with van der Waals surface area (Å²) in [4.78, 5) is 42.9. The second-order valence-electron chi connectivity index (χ2n) is 9.29. The fourth-order valence-corrected chi connectivity index (χ4v) is 4.72. The van der Waals surface area contributed by atoms with Crippen LogP contribution in [0, 0.1) is 6.92 Å². The number of furan rings is 1. The maximum Gasteiger partial charge on any atom is 0.247 e. The lowest BCUT2D eigenvalue weighted by molar-refractivity contribution is -0.140. The predicted molar refractivity (Wildman–Crippen MR) is 138 cm³/mol. The molecule has 36 heavy (non-hydrogen) atoms. The summed E-state index contributed by atoms with van der Waals surface area (Å²) < 4.78 is 5.68. The van der Waals surface area contributed by atoms with Gasteiger partial charge in [-0.15, -0.1) is 0 Å². The molecule has 0 aliphatic carbocycles.